The van der Waals surface area contributed by atoms with Gasteiger partial charge in [0.2, 0.25) is 0 Å². The van der Waals surface area contributed by atoms with Gasteiger partial charge in [-0.1, -0.05) is 29.8 Å². The van der Waals surface area contributed by atoms with E-state index in [1.165, 1.54) is 23.1 Å². The molecule has 0 aromatic heterocycles. The lowest BCUT2D eigenvalue weighted by molar-refractivity contribution is -0.139. The number of thioether (sulfide) groups is 1. The van der Waals surface area contributed by atoms with Crippen LogP contribution in [-0.4, -0.2) is 36.7 Å². The first-order chi connectivity index (χ1) is 12.9. The van der Waals surface area contributed by atoms with Gasteiger partial charge in [0.25, 0.3) is 5.91 Å². The summed E-state index contributed by atoms with van der Waals surface area (Å²) in [6.45, 7) is 4.42. The minimum atomic E-state index is -1.07. The smallest absolute Gasteiger partial charge is 0.326 e. The van der Waals surface area contributed by atoms with Crippen LogP contribution in [0.15, 0.2) is 47.4 Å². The van der Waals surface area contributed by atoms with Crippen LogP contribution in [0.5, 0.6) is 0 Å². The molecule has 0 aliphatic carbocycles. The van der Waals surface area contributed by atoms with Gasteiger partial charge in [-0.15, -0.1) is 11.8 Å². The molecule has 0 fully saturated rings. The van der Waals surface area contributed by atoms with Crippen molar-refractivity contribution in [2.75, 3.05) is 13.7 Å². The van der Waals surface area contributed by atoms with Crippen LogP contribution in [-0.2, 0) is 15.3 Å². The Morgan fingerprint density at radius 2 is 1.96 bits per heavy atom. The Labute approximate surface area is 164 Å². The Bertz CT molecular complexity index is 807. The molecule has 2 aromatic carbocycles. The zero-order valence-corrected chi connectivity index (χ0v) is 16.6. The molecule has 1 unspecified atom stereocenters. The van der Waals surface area contributed by atoms with Crippen LogP contribution in [0, 0.1) is 13.8 Å². The highest BCUT2D eigenvalue weighted by Crippen LogP contribution is 2.27. The van der Waals surface area contributed by atoms with E-state index in [-0.39, 0.29) is 13.0 Å². The van der Waals surface area contributed by atoms with Crippen molar-refractivity contribution in [3.63, 3.8) is 0 Å². The first-order valence-electron chi connectivity index (χ1n) is 8.72. The standard InChI is InChI=1S/C21H25NO4S/c1-14-7-8-15(2)19(11-14)27-13-16-5-4-6-17(12-16)20(23)22-18(21(24)25)9-10-26-3/h4-8,11-12,18H,9-10,13H2,1-3H3,(H,22,23)(H,24,25). The zero-order valence-electron chi connectivity index (χ0n) is 15.8. The molecule has 0 saturated carbocycles. The van der Waals surface area contributed by atoms with E-state index in [4.69, 9.17) is 4.74 Å². The number of carboxylic acids is 1. The van der Waals surface area contributed by atoms with E-state index in [9.17, 15) is 14.7 Å². The average molecular weight is 388 g/mol. The first-order valence-corrected chi connectivity index (χ1v) is 9.71. The quantitative estimate of drug-likeness (QED) is 0.640. The normalized spacial score (nSPS) is 11.8. The molecule has 0 bridgehead atoms. The third-order valence-corrected chi connectivity index (χ3v) is 5.37. The van der Waals surface area contributed by atoms with Crippen molar-refractivity contribution in [1.82, 2.24) is 5.32 Å². The van der Waals surface area contributed by atoms with Gasteiger partial charge in [-0.25, -0.2) is 4.79 Å². The highest BCUT2D eigenvalue weighted by atomic mass is 32.2. The summed E-state index contributed by atoms with van der Waals surface area (Å²) in [7, 11) is 1.50. The van der Waals surface area contributed by atoms with E-state index < -0.39 is 17.9 Å². The fourth-order valence-corrected chi connectivity index (χ4v) is 3.63. The Morgan fingerprint density at radius 1 is 1.19 bits per heavy atom. The fraction of sp³-hybridized carbons (Fsp3) is 0.333. The molecule has 0 spiro atoms. The van der Waals surface area contributed by atoms with Crippen LogP contribution >= 0.6 is 11.8 Å². The van der Waals surface area contributed by atoms with Crippen LogP contribution in [0.4, 0.5) is 0 Å². The van der Waals surface area contributed by atoms with E-state index in [2.05, 4.69) is 37.4 Å². The third-order valence-electron chi connectivity index (χ3n) is 4.14. The molecule has 27 heavy (non-hydrogen) atoms. The van der Waals surface area contributed by atoms with Gasteiger partial charge in [0, 0.05) is 36.3 Å². The summed E-state index contributed by atoms with van der Waals surface area (Å²) in [4.78, 5) is 24.9. The van der Waals surface area contributed by atoms with Crippen molar-refractivity contribution in [2.45, 2.75) is 37.0 Å². The predicted octanol–water partition coefficient (Wildman–Crippen LogP) is 3.82. The maximum absolute atomic E-state index is 12.4. The summed E-state index contributed by atoms with van der Waals surface area (Å²) in [5.74, 6) is -0.726. The summed E-state index contributed by atoms with van der Waals surface area (Å²) in [6, 6.07) is 12.7. The van der Waals surface area contributed by atoms with Crippen molar-refractivity contribution in [1.29, 1.82) is 0 Å². The van der Waals surface area contributed by atoms with Crippen LogP contribution in [0.1, 0.15) is 33.5 Å². The minimum absolute atomic E-state index is 0.222. The molecule has 2 aromatic rings. The Morgan fingerprint density at radius 3 is 2.67 bits per heavy atom. The number of ether oxygens (including phenoxy) is 1. The number of rotatable bonds is 9. The Hall–Kier alpha value is -2.31. The Kier molecular flexibility index (Phi) is 7.88. The van der Waals surface area contributed by atoms with Crippen LogP contribution in [0.25, 0.3) is 0 Å². The molecule has 2 N–H and O–H groups in total. The van der Waals surface area contributed by atoms with Crippen LogP contribution < -0.4 is 5.32 Å². The van der Waals surface area contributed by atoms with Crippen molar-refractivity contribution in [3.8, 4) is 0 Å². The van der Waals surface area contributed by atoms with Gasteiger partial charge < -0.3 is 15.2 Å². The molecule has 0 aliphatic rings. The highest BCUT2D eigenvalue weighted by molar-refractivity contribution is 7.98. The van der Waals surface area contributed by atoms with Crippen molar-refractivity contribution in [3.05, 3.63) is 64.7 Å². The van der Waals surface area contributed by atoms with Gasteiger partial charge in [0.1, 0.15) is 6.04 Å². The molecular weight excluding hydrogens is 362 g/mol. The largest absolute Gasteiger partial charge is 0.480 e. The van der Waals surface area contributed by atoms with Gasteiger partial charge in [-0.3, -0.25) is 4.79 Å². The molecule has 2 rings (SSSR count). The predicted molar refractivity (Wildman–Crippen MR) is 107 cm³/mol. The lowest BCUT2D eigenvalue weighted by Gasteiger charge is -2.14. The monoisotopic (exact) mass is 387 g/mol. The second-order valence-electron chi connectivity index (χ2n) is 6.40. The van der Waals surface area contributed by atoms with Crippen LogP contribution in [0.2, 0.25) is 0 Å². The number of benzene rings is 2. The maximum atomic E-state index is 12.4. The maximum Gasteiger partial charge on any atom is 0.326 e. The van der Waals surface area contributed by atoms with Gasteiger partial charge in [0.15, 0.2) is 0 Å². The lowest BCUT2D eigenvalue weighted by atomic mass is 10.1. The molecule has 0 radical (unpaired) electrons. The topological polar surface area (TPSA) is 75.6 Å². The van der Waals surface area contributed by atoms with Gasteiger partial charge in [-0.05, 0) is 43.2 Å². The van der Waals surface area contributed by atoms with Crippen LogP contribution in [0.3, 0.4) is 0 Å². The van der Waals surface area contributed by atoms with Gasteiger partial charge in [0.05, 0.1) is 0 Å². The number of nitrogens with one attached hydrogen (secondary N) is 1. The molecule has 144 valence electrons. The van der Waals surface area contributed by atoms with Crippen molar-refractivity contribution < 1.29 is 19.4 Å². The van der Waals surface area contributed by atoms with E-state index >= 15 is 0 Å². The molecule has 0 saturated heterocycles. The van der Waals surface area contributed by atoms with Gasteiger partial charge in [-0.2, -0.15) is 0 Å². The molecule has 0 heterocycles. The number of amides is 1. The van der Waals surface area contributed by atoms with E-state index in [1.54, 1.807) is 17.8 Å². The SMILES string of the molecule is COCCC(NC(=O)c1cccc(CSc2cc(C)ccc2C)c1)C(=O)O. The number of carbonyl (C=O) groups excluding carboxylic acids is 1. The van der Waals surface area contributed by atoms with E-state index in [0.717, 1.165) is 11.3 Å². The van der Waals surface area contributed by atoms with E-state index in [0.29, 0.717) is 5.56 Å². The second-order valence-corrected chi connectivity index (χ2v) is 7.42. The number of aliphatic carboxylic acids is 1. The molecule has 1 amide bonds. The minimum Gasteiger partial charge on any atom is -0.480 e. The van der Waals surface area contributed by atoms with Crippen molar-refractivity contribution >= 4 is 23.6 Å². The molecular formula is C21H25NO4S. The number of carbonyl (C=O) groups is 2. The summed E-state index contributed by atoms with van der Waals surface area (Å²) in [5.41, 5.74) is 3.91. The van der Waals surface area contributed by atoms with Gasteiger partial charge >= 0.3 is 5.97 Å². The molecule has 0 aliphatic heterocycles. The number of methoxy groups -OCH3 is 1. The van der Waals surface area contributed by atoms with Crippen molar-refractivity contribution in [2.24, 2.45) is 0 Å². The van der Waals surface area contributed by atoms with E-state index in [1.807, 2.05) is 18.2 Å². The zero-order chi connectivity index (χ0) is 19.8. The Balaban J connectivity index is 2.04. The summed E-state index contributed by atoms with van der Waals surface area (Å²) < 4.78 is 4.90. The summed E-state index contributed by atoms with van der Waals surface area (Å²) >= 11 is 1.72. The molecule has 6 heteroatoms. The first kappa shape index (κ1) is 21.0. The molecule has 5 nitrogen and oxygen atoms in total. The molecule has 1 atom stereocenters. The third kappa shape index (κ3) is 6.41. The fourth-order valence-electron chi connectivity index (χ4n) is 2.56. The summed E-state index contributed by atoms with van der Waals surface area (Å²) in [5, 5.41) is 11.8. The highest BCUT2D eigenvalue weighted by Gasteiger charge is 2.20. The lowest BCUT2D eigenvalue weighted by Crippen LogP contribution is -2.41. The second kappa shape index (κ2) is 10.1. The number of aryl methyl sites for hydroxylation is 2. The number of hydrogen-bond donors (Lipinski definition) is 2. The summed E-state index contributed by atoms with van der Waals surface area (Å²) in [6.07, 6.45) is 0.222. The number of carboxylic acid groups (broad SMARTS) is 1. The number of hydrogen-bond acceptors (Lipinski definition) is 4. The average Bonchev–Trinajstić information content (AvgIpc) is 2.65.